The Morgan fingerprint density at radius 3 is 2.95 bits per heavy atom. The van der Waals surface area contributed by atoms with Gasteiger partial charge in [-0.2, -0.15) is 0 Å². The van der Waals surface area contributed by atoms with Crippen LogP contribution in [0.2, 0.25) is 0 Å². The van der Waals surface area contributed by atoms with E-state index in [-0.39, 0.29) is 17.9 Å². The fourth-order valence-electron chi connectivity index (χ4n) is 2.12. The van der Waals surface area contributed by atoms with Gasteiger partial charge in [0.15, 0.2) is 5.65 Å². The third-order valence-corrected chi connectivity index (χ3v) is 3.80. The molecular weight excluding hydrogens is 268 g/mol. The highest BCUT2D eigenvalue weighted by molar-refractivity contribution is 6.04. The number of aliphatic hydroxyl groups excluding tert-OH is 1. The second-order valence-corrected chi connectivity index (χ2v) is 6.47. The van der Waals surface area contributed by atoms with Gasteiger partial charge in [0.1, 0.15) is 5.52 Å². The Morgan fingerprint density at radius 2 is 2.29 bits per heavy atom. The lowest BCUT2D eigenvalue weighted by Gasteiger charge is -2.21. The molecule has 0 aliphatic heterocycles. The quantitative estimate of drug-likeness (QED) is 0.779. The van der Waals surface area contributed by atoms with Gasteiger partial charge in [-0.3, -0.25) is 4.79 Å². The van der Waals surface area contributed by atoms with Gasteiger partial charge in [0, 0.05) is 30.7 Å². The number of fused-ring (bicyclic) bond motifs is 1. The number of aromatic nitrogens is 3. The van der Waals surface area contributed by atoms with Crippen LogP contribution in [-0.2, 0) is 0 Å². The van der Waals surface area contributed by atoms with E-state index in [4.69, 9.17) is 0 Å². The molecular formula is C15H20N4O2. The minimum Gasteiger partial charge on any atom is -0.396 e. The molecule has 1 saturated carbocycles. The van der Waals surface area contributed by atoms with Crippen LogP contribution in [-0.4, -0.2) is 39.1 Å². The molecule has 1 aliphatic rings. The van der Waals surface area contributed by atoms with Gasteiger partial charge in [-0.15, -0.1) is 0 Å². The lowest BCUT2D eigenvalue weighted by molar-refractivity contribution is 0.0912. The number of carbonyl (C=O) groups excluding carboxylic acids is 1. The van der Waals surface area contributed by atoms with E-state index in [9.17, 15) is 9.90 Å². The monoisotopic (exact) mass is 288 g/mol. The van der Waals surface area contributed by atoms with Gasteiger partial charge in [0.2, 0.25) is 0 Å². The molecule has 21 heavy (non-hydrogen) atoms. The highest BCUT2D eigenvalue weighted by Crippen LogP contribution is 2.39. The maximum atomic E-state index is 12.3. The normalized spacial score (nSPS) is 15.4. The number of amides is 1. The molecule has 1 fully saturated rings. The predicted octanol–water partition coefficient (Wildman–Crippen LogP) is 1.58. The Balaban J connectivity index is 1.82. The van der Waals surface area contributed by atoms with Crippen LogP contribution in [0, 0.1) is 5.41 Å². The van der Waals surface area contributed by atoms with E-state index < -0.39 is 0 Å². The first-order valence-corrected chi connectivity index (χ1v) is 7.23. The summed E-state index contributed by atoms with van der Waals surface area (Å²) in [6.07, 6.45) is 5.73. The molecule has 0 bridgehead atoms. The maximum Gasteiger partial charge on any atom is 0.255 e. The Morgan fingerprint density at radius 1 is 1.52 bits per heavy atom. The second-order valence-electron chi connectivity index (χ2n) is 6.47. The number of carbonyl (C=O) groups is 1. The Labute approximate surface area is 123 Å². The molecule has 2 aromatic rings. The van der Waals surface area contributed by atoms with Gasteiger partial charge < -0.3 is 15.4 Å². The number of hydrogen-bond acceptors (Lipinski definition) is 4. The van der Waals surface area contributed by atoms with E-state index in [1.807, 2.05) is 13.8 Å². The Hall–Kier alpha value is -1.95. The highest BCUT2D eigenvalue weighted by Gasteiger charge is 2.27. The minimum absolute atomic E-state index is 0.0206. The first-order valence-electron chi connectivity index (χ1n) is 7.23. The summed E-state index contributed by atoms with van der Waals surface area (Å²) >= 11 is 0. The first-order chi connectivity index (χ1) is 10.00. The van der Waals surface area contributed by atoms with Crippen LogP contribution < -0.4 is 5.32 Å². The molecule has 3 N–H and O–H groups in total. The summed E-state index contributed by atoms with van der Waals surface area (Å²) in [6.45, 7) is 4.22. The molecule has 112 valence electrons. The largest absolute Gasteiger partial charge is 0.396 e. The van der Waals surface area contributed by atoms with Crippen molar-refractivity contribution in [2.24, 2.45) is 5.41 Å². The van der Waals surface area contributed by atoms with E-state index in [0.717, 1.165) is 18.5 Å². The predicted molar refractivity (Wildman–Crippen MR) is 79.1 cm³/mol. The molecule has 2 heterocycles. The molecule has 0 radical (unpaired) electrons. The minimum atomic E-state index is -0.341. The highest BCUT2D eigenvalue weighted by atomic mass is 16.3. The van der Waals surface area contributed by atoms with E-state index in [2.05, 4.69) is 20.3 Å². The van der Waals surface area contributed by atoms with Gasteiger partial charge >= 0.3 is 0 Å². The first kappa shape index (κ1) is 14.0. The SMILES string of the molecule is CC(C)(CO)CNC(=O)c1c[nH]c2ncc(C3CC3)nc12. The molecule has 1 amide bonds. The van der Waals surface area contributed by atoms with Crippen LogP contribution >= 0.6 is 0 Å². The van der Waals surface area contributed by atoms with Gasteiger partial charge in [0.05, 0.1) is 17.5 Å². The molecule has 0 unspecified atom stereocenters. The summed E-state index contributed by atoms with van der Waals surface area (Å²) < 4.78 is 0. The number of hydrogen-bond donors (Lipinski definition) is 3. The molecule has 6 heteroatoms. The van der Waals surface area contributed by atoms with Crippen molar-refractivity contribution in [2.45, 2.75) is 32.6 Å². The lowest BCUT2D eigenvalue weighted by atomic mass is 9.95. The molecule has 0 saturated heterocycles. The van der Waals surface area contributed by atoms with Crippen molar-refractivity contribution < 1.29 is 9.90 Å². The van der Waals surface area contributed by atoms with E-state index in [1.165, 1.54) is 0 Å². The van der Waals surface area contributed by atoms with Crippen molar-refractivity contribution >= 4 is 17.1 Å². The van der Waals surface area contributed by atoms with Crippen molar-refractivity contribution in [3.05, 3.63) is 23.7 Å². The molecule has 3 rings (SSSR count). The average Bonchev–Trinajstić information content (AvgIpc) is 3.24. The summed E-state index contributed by atoms with van der Waals surface area (Å²) in [6, 6.07) is 0. The van der Waals surface area contributed by atoms with Gasteiger partial charge in [-0.1, -0.05) is 13.8 Å². The zero-order valence-electron chi connectivity index (χ0n) is 12.3. The van der Waals surface area contributed by atoms with Crippen LogP contribution in [0.5, 0.6) is 0 Å². The van der Waals surface area contributed by atoms with Gasteiger partial charge in [0.25, 0.3) is 5.91 Å². The zero-order chi connectivity index (χ0) is 15.0. The molecule has 0 aromatic carbocycles. The number of H-pyrrole nitrogens is 1. The van der Waals surface area contributed by atoms with Crippen molar-refractivity contribution in [2.75, 3.05) is 13.2 Å². The number of aliphatic hydroxyl groups is 1. The number of aromatic amines is 1. The van der Waals surface area contributed by atoms with Gasteiger partial charge in [-0.05, 0) is 12.8 Å². The van der Waals surface area contributed by atoms with E-state index in [0.29, 0.717) is 29.2 Å². The number of nitrogens with one attached hydrogen (secondary N) is 2. The molecule has 2 aromatic heterocycles. The van der Waals surface area contributed by atoms with Crippen LogP contribution in [0.1, 0.15) is 48.7 Å². The van der Waals surface area contributed by atoms with Crippen molar-refractivity contribution in [1.82, 2.24) is 20.3 Å². The Kier molecular flexibility index (Phi) is 3.41. The van der Waals surface area contributed by atoms with Crippen molar-refractivity contribution in [1.29, 1.82) is 0 Å². The smallest absolute Gasteiger partial charge is 0.255 e. The number of rotatable bonds is 5. The topological polar surface area (TPSA) is 90.9 Å². The molecule has 0 spiro atoms. The van der Waals surface area contributed by atoms with Crippen molar-refractivity contribution in [3.63, 3.8) is 0 Å². The van der Waals surface area contributed by atoms with Gasteiger partial charge in [-0.25, -0.2) is 9.97 Å². The summed E-state index contributed by atoms with van der Waals surface area (Å²) in [5.74, 6) is 0.311. The standard InChI is InChI=1S/C15H20N4O2/c1-15(2,8-20)7-18-14(21)10-5-16-13-12(10)19-11(6-17-13)9-3-4-9/h5-6,9,20H,3-4,7-8H2,1-2H3,(H,16,17)(H,18,21). The maximum absolute atomic E-state index is 12.3. The van der Waals surface area contributed by atoms with Crippen LogP contribution in [0.25, 0.3) is 11.2 Å². The van der Waals surface area contributed by atoms with Crippen LogP contribution in [0.4, 0.5) is 0 Å². The second kappa shape index (κ2) is 5.11. The molecule has 1 aliphatic carbocycles. The summed E-state index contributed by atoms with van der Waals surface area (Å²) in [7, 11) is 0. The summed E-state index contributed by atoms with van der Waals surface area (Å²) in [5, 5.41) is 12.1. The third kappa shape index (κ3) is 2.90. The Bertz CT molecular complexity index is 673. The fraction of sp³-hybridized carbons (Fsp3) is 0.533. The third-order valence-electron chi connectivity index (χ3n) is 3.80. The van der Waals surface area contributed by atoms with Crippen LogP contribution in [0.3, 0.4) is 0 Å². The summed E-state index contributed by atoms with van der Waals surface area (Å²) in [5.41, 5.74) is 2.39. The van der Waals surface area contributed by atoms with Crippen LogP contribution in [0.15, 0.2) is 12.4 Å². The zero-order valence-corrected chi connectivity index (χ0v) is 12.3. The number of nitrogens with zero attached hydrogens (tertiary/aromatic N) is 2. The molecule has 6 nitrogen and oxygen atoms in total. The molecule has 0 atom stereocenters. The van der Waals surface area contributed by atoms with E-state index >= 15 is 0 Å². The fourth-order valence-corrected chi connectivity index (χ4v) is 2.12. The van der Waals surface area contributed by atoms with E-state index in [1.54, 1.807) is 12.4 Å². The summed E-state index contributed by atoms with van der Waals surface area (Å²) in [4.78, 5) is 24.2. The average molecular weight is 288 g/mol. The van der Waals surface area contributed by atoms with Crippen molar-refractivity contribution in [3.8, 4) is 0 Å². The lowest BCUT2D eigenvalue weighted by Crippen LogP contribution is -2.36.